The lowest BCUT2D eigenvalue weighted by Gasteiger charge is -2.17. The summed E-state index contributed by atoms with van der Waals surface area (Å²) in [7, 11) is 0.698. The molecule has 0 radical (unpaired) electrons. The van der Waals surface area contributed by atoms with Crippen molar-refractivity contribution in [1.82, 2.24) is 4.72 Å². The van der Waals surface area contributed by atoms with Crippen molar-refractivity contribution >= 4 is 11.0 Å². The predicted molar refractivity (Wildman–Crippen MR) is 77.2 cm³/mol. The average molecular weight is 269 g/mol. The molecule has 0 saturated heterocycles. The molecule has 0 aliphatic carbocycles. The third-order valence-corrected chi connectivity index (χ3v) is 4.14. The van der Waals surface area contributed by atoms with E-state index in [1.807, 2.05) is 39.0 Å². The summed E-state index contributed by atoms with van der Waals surface area (Å²) in [6.45, 7) is 6.68. The minimum Gasteiger partial charge on any atom is -0.497 e. The van der Waals surface area contributed by atoms with Crippen molar-refractivity contribution in [3.8, 4) is 5.75 Å². The first-order chi connectivity index (χ1) is 8.43. The van der Waals surface area contributed by atoms with Crippen LogP contribution in [0.15, 0.2) is 24.3 Å². The number of hydrogen-bond donors (Lipinski definition) is 1. The lowest BCUT2D eigenvalue weighted by molar-refractivity contribution is 0.414. The van der Waals surface area contributed by atoms with Crippen molar-refractivity contribution in [1.29, 1.82) is 0 Å². The summed E-state index contributed by atoms with van der Waals surface area (Å²) in [4.78, 5) is 0. The minimum atomic E-state index is -0.976. The number of nitrogens with one attached hydrogen (secondary N) is 1. The molecule has 1 unspecified atom stereocenters. The highest BCUT2D eigenvalue weighted by molar-refractivity contribution is 7.84. The van der Waals surface area contributed by atoms with Gasteiger partial charge < -0.3 is 4.74 Å². The van der Waals surface area contributed by atoms with Crippen molar-refractivity contribution < 1.29 is 8.95 Å². The summed E-state index contributed by atoms with van der Waals surface area (Å²) in [6, 6.07) is 8.06. The van der Waals surface area contributed by atoms with E-state index >= 15 is 0 Å². The maximum Gasteiger partial charge on any atom is 0.119 e. The second kappa shape index (κ2) is 6.90. The van der Waals surface area contributed by atoms with Crippen LogP contribution >= 0.6 is 0 Å². The Balaban J connectivity index is 2.32. The zero-order valence-electron chi connectivity index (χ0n) is 11.7. The summed E-state index contributed by atoms with van der Waals surface area (Å²) < 4.78 is 19.8. The highest BCUT2D eigenvalue weighted by Crippen LogP contribution is 2.14. The molecule has 0 bridgehead atoms. The molecule has 102 valence electrons. The van der Waals surface area contributed by atoms with Gasteiger partial charge in [-0.05, 0) is 51.3 Å². The van der Waals surface area contributed by atoms with Gasteiger partial charge in [-0.3, -0.25) is 0 Å². The predicted octanol–water partition coefficient (Wildman–Crippen LogP) is 2.68. The van der Waals surface area contributed by atoms with Crippen LogP contribution in [0.25, 0.3) is 0 Å². The van der Waals surface area contributed by atoms with E-state index in [9.17, 15) is 4.21 Å². The monoisotopic (exact) mass is 269 g/mol. The van der Waals surface area contributed by atoms with Crippen molar-refractivity contribution in [3.05, 3.63) is 29.8 Å². The number of methoxy groups -OCH3 is 1. The lowest BCUT2D eigenvalue weighted by Crippen LogP contribution is -2.33. The topological polar surface area (TPSA) is 38.3 Å². The Kier molecular flexibility index (Phi) is 5.82. The minimum absolute atomic E-state index is 0.198. The van der Waals surface area contributed by atoms with Gasteiger partial charge in [-0.25, -0.2) is 8.93 Å². The van der Waals surface area contributed by atoms with Crippen LogP contribution < -0.4 is 9.46 Å². The molecule has 0 saturated carbocycles. The summed E-state index contributed by atoms with van der Waals surface area (Å²) >= 11 is 0. The summed E-state index contributed by atoms with van der Waals surface area (Å²) in [5.74, 6) is 0.888. The normalized spacial score (nSPS) is 13.3. The van der Waals surface area contributed by atoms with Gasteiger partial charge in [0.05, 0.1) is 22.8 Å². The highest BCUT2D eigenvalue weighted by Gasteiger charge is 2.18. The molecule has 0 aliphatic rings. The van der Waals surface area contributed by atoms with Crippen molar-refractivity contribution in [2.24, 2.45) is 0 Å². The number of benzene rings is 1. The Labute approximate surface area is 113 Å². The van der Waals surface area contributed by atoms with E-state index in [0.29, 0.717) is 0 Å². The standard InChI is InChI=1S/C14H23NO2S/c1-14(2,3)18(16)15-10-6-8-12-7-5-9-13(11-12)17-4/h5,7,9,11,15H,6,8,10H2,1-4H3. The second-order valence-electron chi connectivity index (χ2n) is 5.23. The van der Waals surface area contributed by atoms with E-state index in [4.69, 9.17) is 4.74 Å². The van der Waals surface area contributed by atoms with Crippen molar-refractivity contribution in [2.75, 3.05) is 13.7 Å². The van der Waals surface area contributed by atoms with Crippen LogP contribution in [-0.2, 0) is 17.4 Å². The van der Waals surface area contributed by atoms with Gasteiger partial charge in [0.25, 0.3) is 0 Å². The zero-order valence-corrected chi connectivity index (χ0v) is 12.5. The van der Waals surface area contributed by atoms with Gasteiger partial charge in [0.15, 0.2) is 0 Å². The maximum absolute atomic E-state index is 11.8. The molecule has 0 spiro atoms. The molecule has 0 amide bonds. The highest BCUT2D eigenvalue weighted by atomic mass is 32.2. The second-order valence-corrected chi connectivity index (χ2v) is 7.28. The third kappa shape index (κ3) is 5.19. The van der Waals surface area contributed by atoms with Gasteiger partial charge in [-0.2, -0.15) is 0 Å². The third-order valence-electron chi connectivity index (χ3n) is 2.57. The summed E-state index contributed by atoms with van der Waals surface area (Å²) in [5.41, 5.74) is 1.25. The molecular formula is C14H23NO2S. The SMILES string of the molecule is COc1cccc(CCCNS(=O)C(C)(C)C)c1. The Morgan fingerprint density at radius 3 is 2.67 bits per heavy atom. The van der Waals surface area contributed by atoms with E-state index in [0.717, 1.165) is 25.1 Å². The van der Waals surface area contributed by atoms with Gasteiger partial charge in [-0.1, -0.05) is 12.1 Å². The molecule has 0 aromatic heterocycles. The number of ether oxygens (including phenoxy) is 1. The van der Waals surface area contributed by atoms with Crippen LogP contribution in [0, 0.1) is 0 Å². The van der Waals surface area contributed by atoms with Crippen LogP contribution in [0.2, 0.25) is 0 Å². The van der Waals surface area contributed by atoms with Crippen molar-refractivity contribution in [2.45, 2.75) is 38.4 Å². The molecule has 18 heavy (non-hydrogen) atoms. The van der Waals surface area contributed by atoms with Gasteiger partial charge in [-0.15, -0.1) is 0 Å². The first kappa shape index (κ1) is 15.2. The molecule has 0 aliphatic heterocycles. The van der Waals surface area contributed by atoms with Crippen LogP contribution in [0.4, 0.5) is 0 Å². The van der Waals surface area contributed by atoms with Crippen molar-refractivity contribution in [3.63, 3.8) is 0 Å². The van der Waals surface area contributed by atoms with Crippen LogP contribution in [0.3, 0.4) is 0 Å². The van der Waals surface area contributed by atoms with E-state index in [1.54, 1.807) is 7.11 Å². The average Bonchev–Trinajstić information content (AvgIpc) is 2.33. The molecule has 1 atom stereocenters. The fourth-order valence-corrected chi connectivity index (χ4v) is 2.26. The molecule has 1 rings (SSSR count). The van der Waals surface area contributed by atoms with Gasteiger partial charge >= 0.3 is 0 Å². The Bertz CT molecular complexity index is 399. The fraction of sp³-hybridized carbons (Fsp3) is 0.571. The molecular weight excluding hydrogens is 246 g/mol. The number of aryl methyl sites for hydroxylation is 1. The molecule has 1 N–H and O–H groups in total. The van der Waals surface area contributed by atoms with E-state index in [-0.39, 0.29) is 4.75 Å². The number of rotatable bonds is 6. The first-order valence-corrected chi connectivity index (χ1v) is 7.37. The molecule has 3 nitrogen and oxygen atoms in total. The Morgan fingerprint density at radius 2 is 2.06 bits per heavy atom. The fourth-order valence-electron chi connectivity index (χ4n) is 1.50. The van der Waals surface area contributed by atoms with E-state index < -0.39 is 11.0 Å². The summed E-state index contributed by atoms with van der Waals surface area (Å²) in [5, 5.41) is 0. The Morgan fingerprint density at radius 1 is 1.33 bits per heavy atom. The molecule has 4 heteroatoms. The van der Waals surface area contributed by atoms with Crippen LogP contribution in [0.5, 0.6) is 5.75 Å². The number of hydrogen-bond acceptors (Lipinski definition) is 2. The molecule has 1 aromatic carbocycles. The maximum atomic E-state index is 11.8. The lowest BCUT2D eigenvalue weighted by atomic mass is 10.1. The Hall–Kier alpha value is -0.870. The van der Waals surface area contributed by atoms with Gasteiger partial charge in [0, 0.05) is 6.54 Å². The van der Waals surface area contributed by atoms with Crippen LogP contribution in [-0.4, -0.2) is 22.6 Å². The first-order valence-electron chi connectivity index (χ1n) is 6.22. The van der Waals surface area contributed by atoms with Crippen LogP contribution in [0.1, 0.15) is 32.8 Å². The molecule has 0 fully saturated rings. The molecule has 1 aromatic rings. The summed E-state index contributed by atoms with van der Waals surface area (Å²) in [6.07, 6.45) is 1.93. The van der Waals surface area contributed by atoms with Gasteiger partial charge in [0.2, 0.25) is 0 Å². The quantitative estimate of drug-likeness (QED) is 0.806. The molecule has 0 heterocycles. The zero-order chi connectivity index (χ0) is 13.6. The smallest absolute Gasteiger partial charge is 0.119 e. The van der Waals surface area contributed by atoms with E-state index in [2.05, 4.69) is 10.8 Å². The largest absolute Gasteiger partial charge is 0.497 e. The van der Waals surface area contributed by atoms with E-state index in [1.165, 1.54) is 5.56 Å². The van der Waals surface area contributed by atoms with Gasteiger partial charge in [0.1, 0.15) is 5.75 Å².